The first-order valence-corrected chi connectivity index (χ1v) is 6.49. The minimum atomic E-state index is 0.0547. The average molecular weight is 260 g/mol. The summed E-state index contributed by atoms with van der Waals surface area (Å²) in [6, 6.07) is 7.66. The van der Waals surface area contributed by atoms with Crippen LogP contribution in [0.1, 0.15) is 5.56 Å². The van der Waals surface area contributed by atoms with Gasteiger partial charge in [0.2, 0.25) is 0 Å². The first-order valence-electron chi connectivity index (χ1n) is 5.68. The summed E-state index contributed by atoms with van der Waals surface area (Å²) in [5.74, 6) is 0.789. The van der Waals surface area contributed by atoms with Crippen molar-refractivity contribution in [2.45, 2.75) is 6.54 Å². The molecule has 3 rings (SSSR count). The van der Waals surface area contributed by atoms with E-state index in [2.05, 4.69) is 4.99 Å². The van der Waals surface area contributed by atoms with E-state index in [4.69, 9.17) is 4.74 Å². The Labute approximate surface area is 107 Å². The molecule has 18 heavy (non-hydrogen) atoms. The summed E-state index contributed by atoms with van der Waals surface area (Å²) in [6.45, 7) is 1.43. The molecule has 0 radical (unpaired) electrons. The Kier molecular flexibility index (Phi) is 2.76. The lowest BCUT2D eigenvalue weighted by atomic mass is 10.2. The zero-order valence-electron chi connectivity index (χ0n) is 9.92. The standard InChI is InChI=1S/C13H12N2O2S/c1-17-10-4-2-3-9(7-10)8-11-12(16)15-6-5-14-13(15)18-11/h2-4,7-8H,5-6H2,1H3/b11-8+. The van der Waals surface area contributed by atoms with Gasteiger partial charge in [-0.1, -0.05) is 23.5 Å². The maximum Gasteiger partial charge on any atom is 0.270 e. The second kappa shape index (κ2) is 4.42. The Morgan fingerprint density at radius 2 is 2.39 bits per heavy atom. The van der Waals surface area contributed by atoms with E-state index in [1.165, 1.54) is 11.3 Å². The average Bonchev–Trinajstić information content (AvgIpc) is 2.95. The van der Waals surface area contributed by atoms with Crippen molar-refractivity contribution in [3.63, 3.8) is 0 Å². The minimum absolute atomic E-state index is 0.0547. The van der Waals surface area contributed by atoms with E-state index < -0.39 is 0 Å². The fourth-order valence-electron chi connectivity index (χ4n) is 1.95. The van der Waals surface area contributed by atoms with Crippen LogP contribution >= 0.6 is 11.3 Å². The van der Waals surface area contributed by atoms with E-state index in [0.717, 1.165) is 27.2 Å². The van der Waals surface area contributed by atoms with Crippen molar-refractivity contribution in [3.05, 3.63) is 49.5 Å². The van der Waals surface area contributed by atoms with E-state index >= 15 is 0 Å². The van der Waals surface area contributed by atoms with E-state index in [-0.39, 0.29) is 5.56 Å². The lowest BCUT2D eigenvalue weighted by Gasteiger charge is -1.99. The molecule has 0 saturated heterocycles. The number of hydrogen-bond acceptors (Lipinski definition) is 4. The van der Waals surface area contributed by atoms with Crippen LogP contribution in [0.5, 0.6) is 5.75 Å². The summed E-state index contributed by atoms with van der Waals surface area (Å²) < 4.78 is 7.62. The number of ether oxygens (including phenoxy) is 1. The molecule has 92 valence electrons. The van der Waals surface area contributed by atoms with Crippen molar-refractivity contribution >= 4 is 17.4 Å². The van der Waals surface area contributed by atoms with Gasteiger partial charge in [0.05, 0.1) is 18.2 Å². The van der Waals surface area contributed by atoms with Crippen molar-refractivity contribution in [1.29, 1.82) is 0 Å². The molecule has 0 aliphatic carbocycles. The molecule has 2 aromatic rings. The number of nitrogens with zero attached hydrogens (tertiary/aromatic N) is 2. The summed E-state index contributed by atoms with van der Waals surface area (Å²) in [5, 5.41) is 0. The first kappa shape index (κ1) is 11.2. The highest BCUT2D eigenvalue weighted by atomic mass is 32.1. The monoisotopic (exact) mass is 260 g/mol. The predicted octanol–water partition coefficient (Wildman–Crippen LogP) is 0.380. The highest BCUT2D eigenvalue weighted by Crippen LogP contribution is 2.12. The third-order valence-corrected chi connectivity index (χ3v) is 3.89. The zero-order valence-corrected chi connectivity index (χ0v) is 10.7. The van der Waals surface area contributed by atoms with Gasteiger partial charge >= 0.3 is 0 Å². The summed E-state index contributed by atoms with van der Waals surface area (Å²) >= 11 is 1.44. The maximum absolute atomic E-state index is 12.1. The topological polar surface area (TPSA) is 43.6 Å². The molecule has 2 heterocycles. The van der Waals surface area contributed by atoms with Gasteiger partial charge in [0.15, 0.2) is 4.80 Å². The molecule has 0 amide bonds. The van der Waals surface area contributed by atoms with E-state index in [1.807, 2.05) is 30.3 Å². The number of aromatic nitrogens is 1. The van der Waals surface area contributed by atoms with Gasteiger partial charge in [-0.15, -0.1) is 0 Å². The Morgan fingerprint density at radius 3 is 3.17 bits per heavy atom. The van der Waals surface area contributed by atoms with Crippen LogP contribution in [0, 0.1) is 0 Å². The number of methoxy groups -OCH3 is 1. The highest BCUT2D eigenvalue weighted by molar-refractivity contribution is 7.07. The zero-order chi connectivity index (χ0) is 12.5. The number of benzene rings is 1. The second-order valence-corrected chi connectivity index (χ2v) is 5.02. The molecule has 0 unspecified atom stereocenters. The molecule has 0 atom stereocenters. The highest BCUT2D eigenvalue weighted by Gasteiger charge is 2.09. The summed E-state index contributed by atoms with van der Waals surface area (Å²) in [6.07, 6.45) is 1.89. The molecule has 4 nitrogen and oxygen atoms in total. The Bertz CT molecular complexity index is 758. The number of thiazole rings is 1. The normalized spacial score (nSPS) is 14.4. The van der Waals surface area contributed by atoms with Crippen molar-refractivity contribution in [2.24, 2.45) is 4.99 Å². The van der Waals surface area contributed by atoms with Crippen LogP contribution in [0.4, 0.5) is 0 Å². The molecule has 0 spiro atoms. The maximum atomic E-state index is 12.1. The molecular formula is C13H12N2O2S. The van der Waals surface area contributed by atoms with E-state index in [0.29, 0.717) is 6.54 Å². The van der Waals surface area contributed by atoms with Crippen molar-refractivity contribution in [1.82, 2.24) is 4.57 Å². The number of hydrogen-bond donors (Lipinski definition) is 0. The van der Waals surface area contributed by atoms with Gasteiger partial charge in [-0.3, -0.25) is 14.4 Å². The van der Waals surface area contributed by atoms with Gasteiger partial charge in [-0.25, -0.2) is 0 Å². The fourth-order valence-corrected chi connectivity index (χ4v) is 2.98. The first-order chi connectivity index (χ1) is 8.78. The largest absolute Gasteiger partial charge is 0.497 e. The molecule has 1 aliphatic rings. The molecule has 1 aromatic carbocycles. The van der Waals surface area contributed by atoms with E-state index in [9.17, 15) is 4.79 Å². The van der Waals surface area contributed by atoms with Crippen molar-refractivity contribution < 1.29 is 4.74 Å². The molecule has 5 heteroatoms. The van der Waals surface area contributed by atoms with Gasteiger partial charge in [0.1, 0.15) is 5.75 Å². The van der Waals surface area contributed by atoms with Crippen LogP contribution in [-0.4, -0.2) is 18.2 Å². The Morgan fingerprint density at radius 1 is 1.50 bits per heavy atom. The van der Waals surface area contributed by atoms with Crippen LogP contribution in [0.3, 0.4) is 0 Å². The molecule has 0 saturated carbocycles. The quantitative estimate of drug-likeness (QED) is 0.783. The molecule has 1 aromatic heterocycles. The Hall–Kier alpha value is -1.88. The third kappa shape index (κ3) is 1.86. The summed E-state index contributed by atoms with van der Waals surface area (Å²) in [5.41, 5.74) is 1.02. The summed E-state index contributed by atoms with van der Waals surface area (Å²) in [4.78, 5) is 17.2. The third-order valence-electron chi connectivity index (χ3n) is 2.85. The van der Waals surface area contributed by atoms with E-state index in [1.54, 1.807) is 11.7 Å². The lowest BCUT2D eigenvalue weighted by Crippen LogP contribution is -2.29. The molecule has 1 aliphatic heterocycles. The van der Waals surface area contributed by atoms with Gasteiger partial charge in [0, 0.05) is 6.54 Å². The SMILES string of the molecule is COc1cccc(/C=c2/sc3n(c2=O)CCN=3)c1. The van der Waals surface area contributed by atoms with Crippen LogP contribution in [0.2, 0.25) is 0 Å². The summed E-state index contributed by atoms with van der Waals surface area (Å²) in [7, 11) is 1.63. The predicted molar refractivity (Wildman–Crippen MR) is 70.8 cm³/mol. The van der Waals surface area contributed by atoms with Crippen LogP contribution in [0.25, 0.3) is 6.08 Å². The molecule has 0 fully saturated rings. The molecule has 0 N–H and O–H groups in total. The van der Waals surface area contributed by atoms with Crippen molar-refractivity contribution in [2.75, 3.05) is 13.7 Å². The molecule has 0 bridgehead atoms. The fraction of sp³-hybridized carbons (Fsp3) is 0.231. The second-order valence-electron chi connectivity index (χ2n) is 4.01. The van der Waals surface area contributed by atoms with Gasteiger partial charge in [-0.05, 0) is 23.8 Å². The van der Waals surface area contributed by atoms with Gasteiger partial charge < -0.3 is 4.74 Å². The minimum Gasteiger partial charge on any atom is -0.497 e. The number of rotatable bonds is 2. The van der Waals surface area contributed by atoms with Crippen LogP contribution < -0.4 is 19.6 Å². The van der Waals surface area contributed by atoms with Crippen LogP contribution in [0.15, 0.2) is 34.1 Å². The number of fused-ring (bicyclic) bond motifs is 1. The van der Waals surface area contributed by atoms with Crippen molar-refractivity contribution in [3.8, 4) is 5.75 Å². The van der Waals surface area contributed by atoms with Crippen LogP contribution in [-0.2, 0) is 6.54 Å². The smallest absolute Gasteiger partial charge is 0.270 e. The van der Waals surface area contributed by atoms with Gasteiger partial charge in [0.25, 0.3) is 5.56 Å². The van der Waals surface area contributed by atoms with Gasteiger partial charge in [-0.2, -0.15) is 0 Å². The Balaban J connectivity index is 2.14. The molecular weight excluding hydrogens is 248 g/mol. The lowest BCUT2D eigenvalue weighted by molar-refractivity contribution is 0.414.